The van der Waals surface area contributed by atoms with Gasteiger partial charge in [0, 0.05) is 21.6 Å². The van der Waals surface area contributed by atoms with Crippen LogP contribution in [0.3, 0.4) is 0 Å². The summed E-state index contributed by atoms with van der Waals surface area (Å²) in [6.45, 7) is 0. The average Bonchev–Trinajstić information content (AvgIpc) is 3.22. The molecular weight excluding hydrogens is 302 g/mol. The molecule has 2 nitrogen and oxygen atoms in total. The number of ketones is 1. The van der Waals surface area contributed by atoms with Crippen LogP contribution in [0.25, 0.3) is 0 Å². The zero-order chi connectivity index (χ0) is 13.4. The molecule has 1 aliphatic carbocycles. The molecule has 1 saturated carbocycles. The van der Waals surface area contributed by atoms with Crippen molar-refractivity contribution in [1.82, 2.24) is 0 Å². The maximum Gasteiger partial charge on any atom is 0.168 e. The van der Waals surface area contributed by atoms with Crippen molar-refractivity contribution in [3.63, 3.8) is 0 Å². The van der Waals surface area contributed by atoms with Gasteiger partial charge in [-0.05, 0) is 36.1 Å². The minimum atomic E-state index is 0.0824. The van der Waals surface area contributed by atoms with E-state index in [1.165, 1.54) is 5.56 Å². The van der Waals surface area contributed by atoms with Crippen LogP contribution in [0.4, 0.5) is 5.69 Å². The van der Waals surface area contributed by atoms with Crippen LogP contribution < -0.4 is 5.73 Å². The van der Waals surface area contributed by atoms with Crippen molar-refractivity contribution in [2.75, 3.05) is 5.73 Å². The molecule has 0 radical (unpaired) electrons. The molecule has 1 fully saturated rings. The molecule has 3 heteroatoms. The Morgan fingerprint density at radius 1 is 1.16 bits per heavy atom. The van der Waals surface area contributed by atoms with E-state index in [0.29, 0.717) is 17.2 Å². The first kappa shape index (κ1) is 12.4. The molecule has 96 valence electrons. The van der Waals surface area contributed by atoms with Crippen LogP contribution in [-0.2, 0) is 0 Å². The molecule has 0 aromatic heterocycles. The highest BCUT2D eigenvalue weighted by molar-refractivity contribution is 9.10. The van der Waals surface area contributed by atoms with Gasteiger partial charge in [-0.1, -0.05) is 46.3 Å². The van der Waals surface area contributed by atoms with E-state index in [4.69, 9.17) is 5.73 Å². The summed E-state index contributed by atoms with van der Waals surface area (Å²) in [5.74, 6) is 0.596. The smallest absolute Gasteiger partial charge is 0.168 e. The number of anilines is 1. The number of rotatable bonds is 3. The number of benzene rings is 2. The summed E-state index contributed by atoms with van der Waals surface area (Å²) in [4.78, 5) is 12.5. The maximum atomic E-state index is 12.5. The van der Waals surface area contributed by atoms with Gasteiger partial charge in [-0.15, -0.1) is 0 Å². The molecule has 2 aromatic carbocycles. The molecule has 2 atom stereocenters. The molecule has 0 saturated heterocycles. The standard InChI is InChI=1S/C16H14BrNO/c17-11-6-7-15(18)14(8-11)16(19)13-9-12(13)10-4-2-1-3-5-10/h1-8,12-13H,9,18H2. The molecule has 2 aromatic rings. The van der Waals surface area contributed by atoms with Gasteiger partial charge in [0.1, 0.15) is 0 Å². The fourth-order valence-electron chi connectivity index (χ4n) is 2.50. The van der Waals surface area contributed by atoms with E-state index >= 15 is 0 Å². The molecule has 0 spiro atoms. The first-order valence-corrected chi connectivity index (χ1v) is 7.10. The minimum Gasteiger partial charge on any atom is -0.398 e. The summed E-state index contributed by atoms with van der Waals surface area (Å²) in [7, 11) is 0. The van der Waals surface area contributed by atoms with E-state index in [2.05, 4.69) is 28.1 Å². The monoisotopic (exact) mass is 315 g/mol. The normalized spacial score (nSPS) is 21.1. The lowest BCUT2D eigenvalue weighted by Crippen LogP contribution is -2.07. The van der Waals surface area contributed by atoms with Crippen molar-refractivity contribution in [2.45, 2.75) is 12.3 Å². The Kier molecular flexibility index (Phi) is 3.15. The Morgan fingerprint density at radius 3 is 2.63 bits per heavy atom. The second-order valence-electron chi connectivity index (χ2n) is 4.96. The Hall–Kier alpha value is -1.61. The lowest BCUT2D eigenvalue weighted by atomic mass is 10.0. The molecule has 0 amide bonds. The van der Waals surface area contributed by atoms with E-state index < -0.39 is 0 Å². The first-order chi connectivity index (χ1) is 9.16. The Labute approximate surface area is 120 Å². The minimum absolute atomic E-state index is 0.0824. The Bertz CT molecular complexity index is 624. The first-order valence-electron chi connectivity index (χ1n) is 6.31. The number of carbonyl (C=O) groups is 1. The third-order valence-electron chi connectivity index (χ3n) is 3.64. The van der Waals surface area contributed by atoms with Crippen molar-refractivity contribution < 1.29 is 4.79 Å². The van der Waals surface area contributed by atoms with Crippen LogP contribution in [-0.4, -0.2) is 5.78 Å². The molecule has 2 unspecified atom stereocenters. The van der Waals surface area contributed by atoms with Gasteiger partial charge in [0.25, 0.3) is 0 Å². The van der Waals surface area contributed by atoms with Crippen molar-refractivity contribution in [1.29, 1.82) is 0 Å². The van der Waals surface area contributed by atoms with Gasteiger partial charge in [0.2, 0.25) is 0 Å². The van der Waals surface area contributed by atoms with Gasteiger partial charge in [-0.3, -0.25) is 4.79 Å². The fraction of sp³-hybridized carbons (Fsp3) is 0.188. The second kappa shape index (κ2) is 4.82. The zero-order valence-corrected chi connectivity index (χ0v) is 11.9. The summed E-state index contributed by atoms with van der Waals surface area (Å²) in [6.07, 6.45) is 0.925. The third kappa shape index (κ3) is 2.43. The van der Waals surface area contributed by atoms with E-state index in [0.717, 1.165) is 10.9 Å². The molecule has 0 aliphatic heterocycles. The lowest BCUT2D eigenvalue weighted by Gasteiger charge is -2.05. The SMILES string of the molecule is Nc1ccc(Br)cc1C(=O)C1CC1c1ccccc1. The second-order valence-corrected chi connectivity index (χ2v) is 5.87. The summed E-state index contributed by atoms with van der Waals surface area (Å²) >= 11 is 3.39. The van der Waals surface area contributed by atoms with Gasteiger partial charge >= 0.3 is 0 Å². The summed E-state index contributed by atoms with van der Waals surface area (Å²) in [5.41, 5.74) is 8.34. The van der Waals surface area contributed by atoms with Gasteiger partial charge in [0.05, 0.1) is 0 Å². The predicted octanol–water partition coefficient (Wildman–Crippen LogP) is 4.02. The van der Waals surface area contributed by atoms with Crippen LogP contribution in [0.1, 0.15) is 28.3 Å². The largest absolute Gasteiger partial charge is 0.398 e. The number of nitrogens with two attached hydrogens (primary N) is 1. The molecule has 2 N–H and O–H groups in total. The highest BCUT2D eigenvalue weighted by Crippen LogP contribution is 2.49. The quantitative estimate of drug-likeness (QED) is 0.686. The van der Waals surface area contributed by atoms with Crippen LogP contribution in [0.2, 0.25) is 0 Å². The van der Waals surface area contributed by atoms with Crippen molar-refractivity contribution >= 4 is 27.4 Å². The topological polar surface area (TPSA) is 43.1 Å². The van der Waals surface area contributed by atoms with Crippen molar-refractivity contribution in [3.05, 3.63) is 64.1 Å². The van der Waals surface area contributed by atoms with Crippen LogP contribution in [0, 0.1) is 5.92 Å². The Morgan fingerprint density at radius 2 is 1.89 bits per heavy atom. The summed E-state index contributed by atoms with van der Waals surface area (Å²) < 4.78 is 0.891. The zero-order valence-electron chi connectivity index (χ0n) is 10.3. The van der Waals surface area contributed by atoms with Crippen LogP contribution >= 0.6 is 15.9 Å². The number of hydrogen-bond donors (Lipinski definition) is 1. The Balaban J connectivity index is 1.82. The van der Waals surface area contributed by atoms with Gasteiger partial charge in [-0.25, -0.2) is 0 Å². The average molecular weight is 316 g/mol. The maximum absolute atomic E-state index is 12.5. The molecular formula is C16H14BrNO. The van der Waals surface area contributed by atoms with Gasteiger partial charge in [-0.2, -0.15) is 0 Å². The lowest BCUT2D eigenvalue weighted by molar-refractivity contribution is 0.0966. The third-order valence-corrected chi connectivity index (χ3v) is 4.13. The summed E-state index contributed by atoms with van der Waals surface area (Å²) in [5, 5.41) is 0. The van der Waals surface area contributed by atoms with E-state index in [-0.39, 0.29) is 11.7 Å². The number of carbonyl (C=O) groups excluding carboxylic acids is 1. The molecule has 3 rings (SSSR count). The molecule has 19 heavy (non-hydrogen) atoms. The van der Waals surface area contributed by atoms with Crippen molar-refractivity contribution in [3.8, 4) is 0 Å². The van der Waals surface area contributed by atoms with Crippen LogP contribution in [0.5, 0.6) is 0 Å². The summed E-state index contributed by atoms with van der Waals surface area (Å²) in [6, 6.07) is 15.6. The van der Waals surface area contributed by atoms with Crippen molar-refractivity contribution in [2.24, 2.45) is 5.92 Å². The highest BCUT2D eigenvalue weighted by Gasteiger charge is 2.44. The fourth-order valence-corrected chi connectivity index (χ4v) is 2.86. The number of nitrogen functional groups attached to an aromatic ring is 1. The molecule has 1 aliphatic rings. The van der Waals surface area contributed by atoms with E-state index in [1.807, 2.05) is 30.3 Å². The number of hydrogen-bond acceptors (Lipinski definition) is 2. The van der Waals surface area contributed by atoms with E-state index in [1.54, 1.807) is 6.07 Å². The number of Topliss-reactive ketones (excluding diaryl/α,β-unsaturated/α-hetero) is 1. The van der Waals surface area contributed by atoms with E-state index in [9.17, 15) is 4.79 Å². The highest BCUT2D eigenvalue weighted by atomic mass is 79.9. The van der Waals surface area contributed by atoms with Gasteiger partial charge < -0.3 is 5.73 Å². The molecule has 0 bridgehead atoms. The van der Waals surface area contributed by atoms with Crippen LogP contribution in [0.15, 0.2) is 53.0 Å². The predicted molar refractivity (Wildman–Crippen MR) is 80.2 cm³/mol. The molecule has 0 heterocycles. The number of halogens is 1. The van der Waals surface area contributed by atoms with Gasteiger partial charge in [0.15, 0.2) is 5.78 Å².